The minimum atomic E-state index is -5.75. The molecule has 1 aromatic heterocycles. The number of carbonyl (C=O) groups excluding carboxylic acids is 3. The normalized spacial score (nSPS) is 21.8. The Bertz CT molecular complexity index is 1630. The van der Waals surface area contributed by atoms with Crippen LogP contribution in [0.3, 0.4) is 0 Å². The van der Waals surface area contributed by atoms with Gasteiger partial charge in [0, 0.05) is 23.4 Å². The summed E-state index contributed by atoms with van der Waals surface area (Å²) in [7, 11) is -5.75. The molecule has 2 saturated heterocycles. The molecule has 2 unspecified atom stereocenters. The summed E-state index contributed by atoms with van der Waals surface area (Å²) >= 11 is 1.02. The molecule has 0 spiro atoms. The second-order valence-electron chi connectivity index (χ2n) is 11.5. The number of likely N-dealkylation sites (tertiary alicyclic amines) is 1. The highest BCUT2D eigenvalue weighted by atomic mass is 32.1. The Morgan fingerprint density at radius 3 is 2.50 bits per heavy atom. The monoisotopic (exact) mass is 647 g/mol. The molecule has 3 fully saturated rings. The minimum Gasteiger partial charge on any atom is -0.370 e. The van der Waals surface area contributed by atoms with E-state index in [1.807, 2.05) is 30.3 Å². The fourth-order valence-corrected chi connectivity index (χ4v) is 7.35. The first-order valence-electron chi connectivity index (χ1n) is 14.5. The molecule has 1 aliphatic carbocycles. The molecule has 3 aliphatic rings. The molecule has 3 atom stereocenters. The molecule has 1 saturated carbocycles. The van der Waals surface area contributed by atoms with Gasteiger partial charge in [0.25, 0.3) is 5.91 Å². The minimum absolute atomic E-state index is 0.0726. The van der Waals surface area contributed by atoms with Gasteiger partial charge in [0.2, 0.25) is 11.8 Å². The topological polar surface area (TPSA) is 136 Å². The first kappa shape index (κ1) is 30.8. The van der Waals surface area contributed by atoms with Crippen molar-refractivity contribution in [2.24, 2.45) is 5.92 Å². The number of fused-ring (bicyclic) bond motifs is 1. The van der Waals surface area contributed by atoms with Crippen LogP contribution in [0, 0.1) is 5.92 Å². The van der Waals surface area contributed by atoms with E-state index in [4.69, 9.17) is 14.5 Å². The van der Waals surface area contributed by atoms with Crippen LogP contribution in [0.2, 0.25) is 0 Å². The molecular weight excluding hydrogens is 615 g/mol. The number of benzene rings is 2. The highest BCUT2D eigenvalue weighted by Crippen LogP contribution is 2.59. The fraction of sp³-hybridized carbons (Fsp3) is 0.433. The average molecular weight is 648 g/mol. The molecule has 10 nitrogen and oxygen atoms in total. The van der Waals surface area contributed by atoms with Crippen molar-refractivity contribution in [1.82, 2.24) is 15.1 Å². The van der Waals surface area contributed by atoms with Gasteiger partial charge >= 0.3 is 13.3 Å². The lowest BCUT2D eigenvalue weighted by Crippen LogP contribution is -2.56. The molecule has 3 aromatic rings. The Morgan fingerprint density at radius 2 is 1.80 bits per heavy atom. The zero-order valence-electron chi connectivity index (χ0n) is 23.6. The summed E-state index contributed by atoms with van der Waals surface area (Å²) in [5, 5.41) is 3.06. The van der Waals surface area contributed by atoms with E-state index in [9.17, 15) is 27.7 Å². The Morgan fingerprint density at radius 1 is 1.05 bits per heavy atom. The summed E-state index contributed by atoms with van der Waals surface area (Å²) in [4.78, 5) is 62.5. The van der Waals surface area contributed by atoms with Gasteiger partial charge in [-0.3, -0.25) is 18.9 Å². The molecule has 3 N–H and O–H groups in total. The van der Waals surface area contributed by atoms with E-state index in [1.165, 1.54) is 12.1 Å². The van der Waals surface area contributed by atoms with Crippen LogP contribution in [0.1, 0.15) is 52.6 Å². The Kier molecular flexibility index (Phi) is 8.36. The van der Waals surface area contributed by atoms with E-state index in [-0.39, 0.29) is 34.1 Å². The summed E-state index contributed by atoms with van der Waals surface area (Å²) in [5.41, 5.74) is -4.24. The molecule has 2 aliphatic heterocycles. The van der Waals surface area contributed by atoms with Gasteiger partial charge in [0.1, 0.15) is 18.2 Å². The molecule has 2 aromatic carbocycles. The quantitative estimate of drug-likeness (QED) is 0.312. The van der Waals surface area contributed by atoms with E-state index in [2.05, 4.69) is 5.32 Å². The second-order valence-corrected chi connectivity index (χ2v) is 14.2. The van der Waals surface area contributed by atoms with Crippen molar-refractivity contribution in [3.63, 3.8) is 0 Å². The van der Waals surface area contributed by atoms with Crippen LogP contribution < -0.4 is 5.32 Å². The molecule has 14 heteroatoms. The number of ether oxygens (including phenoxy) is 1. The van der Waals surface area contributed by atoms with Gasteiger partial charge in [-0.25, -0.2) is 0 Å². The number of nitrogens with one attached hydrogen (secondary N) is 1. The van der Waals surface area contributed by atoms with Crippen molar-refractivity contribution >= 4 is 46.7 Å². The molecule has 6 rings (SSSR count). The first-order valence-corrected chi connectivity index (χ1v) is 16.9. The number of rotatable bonds is 8. The van der Waals surface area contributed by atoms with Crippen molar-refractivity contribution < 1.29 is 42.3 Å². The third-order valence-electron chi connectivity index (χ3n) is 8.47. The van der Waals surface area contributed by atoms with Crippen molar-refractivity contribution in [2.45, 2.75) is 49.5 Å². The van der Waals surface area contributed by atoms with Crippen LogP contribution in [0.5, 0.6) is 0 Å². The number of nitrogens with zero attached hydrogens (tertiary/aromatic N) is 2. The van der Waals surface area contributed by atoms with Gasteiger partial charge in [0.15, 0.2) is 0 Å². The Balaban J connectivity index is 1.16. The SMILES string of the molecule is O=C(N[C@H](C(=O)N1CCCC1C(=O)N1CCOC(c2ccccc2)C1)C1CC1)c1cc2cc(C(F)(F)P(=O)(O)O)ccc2s1. The summed E-state index contributed by atoms with van der Waals surface area (Å²) in [6.07, 6.45) is 2.44. The Labute approximate surface area is 256 Å². The lowest BCUT2D eigenvalue weighted by atomic mass is 10.1. The van der Waals surface area contributed by atoms with Crippen LogP contribution in [-0.4, -0.2) is 75.6 Å². The highest BCUT2D eigenvalue weighted by molar-refractivity contribution is 7.52. The van der Waals surface area contributed by atoms with Gasteiger partial charge in [-0.15, -0.1) is 11.3 Å². The molecule has 3 heterocycles. The number of hydrogen-bond acceptors (Lipinski definition) is 6. The van der Waals surface area contributed by atoms with Crippen molar-refractivity contribution in [2.75, 3.05) is 26.2 Å². The number of amides is 3. The van der Waals surface area contributed by atoms with Crippen LogP contribution in [0.4, 0.5) is 8.78 Å². The number of alkyl halides is 2. The van der Waals surface area contributed by atoms with E-state index in [0.29, 0.717) is 43.8 Å². The van der Waals surface area contributed by atoms with Gasteiger partial charge < -0.3 is 29.6 Å². The van der Waals surface area contributed by atoms with Crippen LogP contribution in [0.15, 0.2) is 54.6 Å². The van der Waals surface area contributed by atoms with Crippen molar-refractivity contribution in [3.8, 4) is 0 Å². The van der Waals surface area contributed by atoms with Gasteiger partial charge in [-0.2, -0.15) is 8.78 Å². The Hall–Kier alpha value is -3.22. The van der Waals surface area contributed by atoms with E-state index < -0.39 is 36.8 Å². The third kappa shape index (κ3) is 6.03. The first-order chi connectivity index (χ1) is 20.9. The highest BCUT2D eigenvalue weighted by Gasteiger charge is 2.50. The van der Waals surface area contributed by atoms with Crippen LogP contribution >= 0.6 is 18.9 Å². The van der Waals surface area contributed by atoms with E-state index >= 15 is 0 Å². The molecule has 3 amide bonds. The zero-order chi connectivity index (χ0) is 31.2. The molecule has 44 heavy (non-hydrogen) atoms. The maximum absolute atomic E-state index is 14.3. The van der Waals surface area contributed by atoms with Gasteiger partial charge in [-0.1, -0.05) is 36.4 Å². The van der Waals surface area contributed by atoms with Crippen molar-refractivity contribution in [3.05, 3.63) is 70.6 Å². The lowest BCUT2D eigenvalue weighted by molar-refractivity contribution is -0.149. The summed E-state index contributed by atoms with van der Waals surface area (Å²) in [6, 6.07) is 12.7. The molecular formula is C30H32F2N3O7PS. The number of hydrogen-bond donors (Lipinski definition) is 3. The van der Waals surface area contributed by atoms with E-state index in [0.717, 1.165) is 41.9 Å². The fourth-order valence-electron chi connectivity index (χ4n) is 5.93. The molecule has 234 valence electrons. The maximum atomic E-state index is 14.3. The molecule has 0 radical (unpaired) electrons. The zero-order valence-corrected chi connectivity index (χ0v) is 25.3. The second kappa shape index (κ2) is 11.9. The smallest absolute Gasteiger partial charge is 0.370 e. The summed E-state index contributed by atoms with van der Waals surface area (Å²) < 4.78 is 46.2. The van der Waals surface area contributed by atoms with Crippen molar-refractivity contribution in [1.29, 1.82) is 0 Å². The number of morpholine rings is 1. The van der Waals surface area contributed by atoms with Gasteiger partial charge in [0.05, 0.1) is 18.0 Å². The standard InChI is InChI=1S/C30H32F2N3O7PS/c31-30(32,43(39,40)41)21-10-11-24-20(15-21)16-25(44-24)27(36)33-26(19-8-9-19)29(38)35-12-4-7-22(35)28(37)34-13-14-42-23(17-34)18-5-2-1-3-6-18/h1-3,5-6,10-11,15-16,19,22-23,26H,4,7-9,12-14,17H2,(H,33,36)(H2,39,40,41)/t22?,23?,26-/m0/s1. The van der Waals surface area contributed by atoms with Crippen LogP contribution in [-0.2, 0) is 24.6 Å². The number of carbonyl (C=O) groups is 3. The van der Waals surface area contributed by atoms with E-state index in [1.54, 1.807) is 9.80 Å². The van der Waals surface area contributed by atoms with Gasteiger partial charge in [-0.05, 0) is 60.7 Å². The average Bonchev–Trinajstić information content (AvgIpc) is 3.56. The number of halogens is 2. The summed E-state index contributed by atoms with van der Waals surface area (Å²) in [5.74, 6) is -1.07. The predicted molar refractivity (Wildman–Crippen MR) is 158 cm³/mol. The number of thiophene rings is 1. The third-order valence-corrected chi connectivity index (χ3v) is 10.6. The molecule has 0 bridgehead atoms. The lowest BCUT2D eigenvalue weighted by Gasteiger charge is -2.37. The van der Waals surface area contributed by atoms with Crippen LogP contribution in [0.25, 0.3) is 10.1 Å². The summed E-state index contributed by atoms with van der Waals surface area (Å²) in [6.45, 7) is 1.61. The predicted octanol–water partition coefficient (Wildman–Crippen LogP) is 4.23. The maximum Gasteiger partial charge on any atom is 0.399 e. The largest absolute Gasteiger partial charge is 0.399 e.